The summed E-state index contributed by atoms with van der Waals surface area (Å²) in [5.74, 6) is 1.31. The second-order valence-electron chi connectivity index (χ2n) is 8.29. The first-order chi connectivity index (χ1) is 10.9. The van der Waals surface area contributed by atoms with Gasteiger partial charge in [-0.3, -0.25) is 9.48 Å². The summed E-state index contributed by atoms with van der Waals surface area (Å²) in [6, 6.07) is 2.30. The summed E-state index contributed by atoms with van der Waals surface area (Å²) in [4.78, 5) is 15.1. The minimum absolute atomic E-state index is 0.0860. The normalized spacial score (nSPS) is 25.7. The molecular formula is C18H27N3O2. The van der Waals surface area contributed by atoms with Crippen LogP contribution in [0.5, 0.6) is 0 Å². The van der Waals surface area contributed by atoms with Crippen molar-refractivity contribution < 1.29 is 9.53 Å². The summed E-state index contributed by atoms with van der Waals surface area (Å²) >= 11 is 0. The molecular weight excluding hydrogens is 290 g/mol. The van der Waals surface area contributed by atoms with Gasteiger partial charge in [-0.1, -0.05) is 0 Å². The van der Waals surface area contributed by atoms with E-state index in [2.05, 4.69) is 25.5 Å². The van der Waals surface area contributed by atoms with E-state index in [0.717, 1.165) is 0 Å². The minimum atomic E-state index is -0.0860. The van der Waals surface area contributed by atoms with E-state index >= 15 is 0 Å². The van der Waals surface area contributed by atoms with E-state index < -0.39 is 0 Å². The van der Waals surface area contributed by atoms with Crippen molar-refractivity contribution in [1.29, 1.82) is 0 Å². The zero-order chi connectivity index (χ0) is 16.2. The lowest BCUT2D eigenvalue weighted by Gasteiger charge is -2.35. The maximum absolute atomic E-state index is 13.1. The van der Waals surface area contributed by atoms with Crippen molar-refractivity contribution in [2.45, 2.75) is 64.0 Å². The highest BCUT2D eigenvalue weighted by molar-refractivity contribution is 5.92. The van der Waals surface area contributed by atoms with E-state index in [1.807, 2.05) is 11.0 Å². The lowest BCUT2D eigenvalue weighted by Crippen LogP contribution is -2.50. The topological polar surface area (TPSA) is 47.4 Å². The molecule has 2 heterocycles. The van der Waals surface area contributed by atoms with Crippen LogP contribution in [0.25, 0.3) is 0 Å². The van der Waals surface area contributed by atoms with Gasteiger partial charge in [-0.2, -0.15) is 5.10 Å². The molecule has 1 atom stereocenters. The Morgan fingerprint density at radius 2 is 2.00 bits per heavy atom. The molecule has 0 spiro atoms. The van der Waals surface area contributed by atoms with Crippen LogP contribution in [-0.2, 0) is 10.3 Å². The number of nitrogens with zero attached hydrogens (tertiary/aromatic N) is 3. The fraction of sp³-hybridized carbons (Fsp3) is 0.778. The molecule has 4 rings (SSSR count). The van der Waals surface area contributed by atoms with Gasteiger partial charge in [-0.25, -0.2) is 0 Å². The Morgan fingerprint density at radius 3 is 2.61 bits per heavy atom. The molecule has 0 aromatic carbocycles. The van der Waals surface area contributed by atoms with Crippen molar-refractivity contribution in [2.24, 2.45) is 5.92 Å². The lowest BCUT2D eigenvalue weighted by molar-refractivity contribution is -0.00870. The van der Waals surface area contributed by atoms with E-state index in [1.165, 1.54) is 31.4 Å². The average molecular weight is 317 g/mol. The predicted octanol–water partition coefficient (Wildman–Crippen LogP) is 2.77. The summed E-state index contributed by atoms with van der Waals surface area (Å²) in [7, 11) is 0. The van der Waals surface area contributed by atoms with Gasteiger partial charge in [-0.05, 0) is 58.4 Å². The molecule has 1 aromatic rings. The van der Waals surface area contributed by atoms with Gasteiger partial charge < -0.3 is 9.64 Å². The van der Waals surface area contributed by atoms with Crippen LogP contribution in [0.15, 0.2) is 6.07 Å². The number of ether oxygens (including phenoxy) is 1. The van der Waals surface area contributed by atoms with Gasteiger partial charge >= 0.3 is 0 Å². The molecule has 5 heteroatoms. The third kappa shape index (κ3) is 2.91. The summed E-state index contributed by atoms with van der Waals surface area (Å²) in [5.41, 5.74) is 1.77. The Kier molecular flexibility index (Phi) is 3.52. The number of hydrogen-bond acceptors (Lipinski definition) is 3. The molecule has 23 heavy (non-hydrogen) atoms. The number of aromatic nitrogens is 2. The van der Waals surface area contributed by atoms with Crippen LogP contribution < -0.4 is 0 Å². The van der Waals surface area contributed by atoms with Crippen molar-refractivity contribution in [3.05, 3.63) is 17.5 Å². The Hall–Kier alpha value is -1.36. The van der Waals surface area contributed by atoms with Crippen LogP contribution in [0.1, 0.15) is 68.6 Å². The Balaban J connectivity index is 1.62. The predicted molar refractivity (Wildman–Crippen MR) is 87.6 cm³/mol. The largest absolute Gasteiger partial charge is 0.377 e. The summed E-state index contributed by atoms with van der Waals surface area (Å²) < 4.78 is 7.69. The maximum atomic E-state index is 13.1. The van der Waals surface area contributed by atoms with E-state index in [9.17, 15) is 4.79 Å². The van der Waals surface area contributed by atoms with Crippen LogP contribution in [0.3, 0.4) is 0 Å². The Bertz CT molecular complexity index is 608. The standard InChI is InChI=1S/C18H27N3O2/c1-18(2,3)21-15(12-4-5-12)10-14(19-21)17(22)20-8-9-23-11-16(20)13-6-7-13/h10,12-13,16H,4-9,11H2,1-3H3. The fourth-order valence-corrected chi connectivity index (χ4v) is 3.60. The fourth-order valence-electron chi connectivity index (χ4n) is 3.60. The van der Waals surface area contributed by atoms with Gasteiger partial charge in [0.1, 0.15) is 0 Å². The Labute approximate surface area is 138 Å². The first-order valence-electron chi connectivity index (χ1n) is 8.94. The highest BCUT2D eigenvalue weighted by atomic mass is 16.5. The van der Waals surface area contributed by atoms with E-state index in [0.29, 0.717) is 37.3 Å². The van der Waals surface area contributed by atoms with Gasteiger partial charge in [0.15, 0.2) is 5.69 Å². The van der Waals surface area contributed by atoms with Gasteiger partial charge in [0.25, 0.3) is 5.91 Å². The third-order valence-electron chi connectivity index (χ3n) is 5.18. The van der Waals surface area contributed by atoms with Crippen molar-refractivity contribution in [1.82, 2.24) is 14.7 Å². The molecule has 3 fully saturated rings. The van der Waals surface area contributed by atoms with Gasteiger partial charge in [-0.15, -0.1) is 0 Å². The number of amides is 1. The number of carbonyl (C=O) groups is 1. The van der Waals surface area contributed by atoms with Crippen molar-refractivity contribution in [3.63, 3.8) is 0 Å². The first kappa shape index (κ1) is 15.2. The zero-order valence-corrected chi connectivity index (χ0v) is 14.4. The van der Waals surface area contributed by atoms with Crippen molar-refractivity contribution in [3.8, 4) is 0 Å². The molecule has 1 aromatic heterocycles. The summed E-state index contributed by atoms with van der Waals surface area (Å²) in [5, 5.41) is 4.72. The van der Waals surface area contributed by atoms with Crippen LogP contribution in [0, 0.1) is 5.92 Å². The van der Waals surface area contributed by atoms with Crippen molar-refractivity contribution in [2.75, 3.05) is 19.8 Å². The molecule has 2 saturated carbocycles. The van der Waals surface area contributed by atoms with Crippen LogP contribution in [0.2, 0.25) is 0 Å². The van der Waals surface area contributed by atoms with Gasteiger partial charge in [0, 0.05) is 18.2 Å². The maximum Gasteiger partial charge on any atom is 0.274 e. The SMILES string of the molecule is CC(C)(C)n1nc(C(=O)N2CCOCC2C2CC2)cc1C1CC1. The van der Waals surface area contributed by atoms with Crippen LogP contribution >= 0.6 is 0 Å². The van der Waals surface area contributed by atoms with E-state index in [1.54, 1.807) is 0 Å². The number of hydrogen-bond donors (Lipinski definition) is 0. The van der Waals surface area contributed by atoms with E-state index in [4.69, 9.17) is 9.84 Å². The van der Waals surface area contributed by atoms with Gasteiger partial charge in [0.05, 0.1) is 24.8 Å². The summed E-state index contributed by atoms with van der Waals surface area (Å²) in [6.07, 6.45) is 4.89. The van der Waals surface area contributed by atoms with E-state index in [-0.39, 0.29) is 17.5 Å². The molecule has 126 valence electrons. The molecule has 5 nitrogen and oxygen atoms in total. The lowest BCUT2D eigenvalue weighted by atomic mass is 10.1. The Morgan fingerprint density at radius 1 is 1.26 bits per heavy atom. The zero-order valence-electron chi connectivity index (χ0n) is 14.4. The molecule has 1 saturated heterocycles. The average Bonchev–Trinajstić information content (AvgIpc) is 3.43. The molecule has 1 amide bonds. The second kappa shape index (κ2) is 5.33. The molecule has 1 aliphatic heterocycles. The molecule has 0 radical (unpaired) electrons. The summed E-state index contributed by atoms with van der Waals surface area (Å²) in [6.45, 7) is 8.49. The quantitative estimate of drug-likeness (QED) is 0.861. The monoisotopic (exact) mass is 317 g/mol. The molecule has 0 bridgehead atoms. The van der Waals surface area contributed by atoms with Crippen LogP contribution in [-0.4, -0.2) is 46.4 Å². The van der Waals surface area contributed by atoms with Crippen LogP contribution in [0.4, 0.5) is 0 Å². The highest BCUT2D eigenvalue weighted by Gasteiger charge is 2.41. The third-order valence-corrected chi connectivity index (χ3v) is 5.18. The molecule has 1 unspecified atom stereocenters. The second-order valence-corrected chi connectivity index (χ2v) is 8.29. The smallest absolute Gasteiger partial charge is 0.274 e. The highest BCUT2D eigenvalue weighted by Crippen LogP contribution is 2.42. The minimum Gasteiger partial charge on any atom is -0.377 e. The number of carbonyl (C=O) groups excluding carboxylic acids is 1. The van der Waals surface area contributed by atoms with Gasteiger partial charge in [0.2, 0.25) is 0 Å². The molecule has 2 aliphatic carbocycles. The number of rotatable bonds is 3. The van der Waals surface area contributed by atoms with Crippen molar-refractivity contribution >= 4 is 5.91 Å². The first-order valence-corrected chi connectivity index (χ1v) is 8.94. The molecule has 0 N–H and O–H groups in total. The molecule has 3 aliphatic rings. The number of morpholine rings is 1.